The zero-order chi connectivity index (χ0) is 17.5. The fourth-order valence-corrected chi connectivity index (χ4v) is 3.90. The number of benzene rings is 1. The van der Waals surface area contributed by atoms with Gasteiger partial charge in [0.25, 0.3) is 0 Å². The first-order valence-corrected chi connectivity index (χ1v) is 9.74. The quantitative estimate of drug-likeness (QED) is 0.860. The highest BCUT2D eigenvalue weighted by Gasteiger charge is 2.24. The Morgan fingerprint density at radius 1 is 1.20 bits per heavy atom. The summed E-state index contributed by atoms with van der Waals surface area (Å²) in [4.78, 5) is 17.1. The number of nitrogens with zero attached hydrogens (tertiary/aromatic N) is 2. The lowest BCUT2D eigenvalue weighted by Crippen LogP contribution is -2.43. The van der Waals surface area contributed by atoms with Crippen molar-refractivity contribution in [2.45, 2.75) is 45.1 Å². The molecule has 2 aliphatic heterocycles. The molecule has 138 valence electrons. The van der Waals surface area contributed by atoms with E-state index in [0.717, 1.165) is 57.8 Å². The molecule has 2 saturated heterocycles. The summed E-state index contributed by atoms with van der Waals surface area (Å²) in [5, 5.41) is 3.48. The maximum Gasteiger partial charge on any atom is 0.224 e. The summed E-state index contributed by atoms with van der Waals surface area (Å²) in [6, 6.07) is 8.81. The standard InChI is InChI=1S/C20H31N3O2/c1-2-17-7-5-6-12-23(17)20(24)10-11-21-18-8-3-4-9-19(18)22-13-15-25-16-14-22/h3-4,8-9,17,21H,2,5-7,10-16H2,1H3. The van der Waals surface area contributed by atoms with Crippen LogP contribution >= 0.6 is 0 Å². The smallest absolute Gasteiger partial charge is 0.224 e. The SMILES string of the molecule is CCC1CCCCN1C(=O)CCNc1ccccc1N1CCOCC1. The van der Waals surface area contributed by atoms with Gasteiger partial charge < -0.3 is 19.9 Å². The van der Waals surface area contributed by atoms with Crippen molar-refractivity contribution in [3.8, 4) is 0 Å². The molecule has 5 heteroatoms. The fraction of sp³-hybridized carbons (Fsp3) is 0.650. The van der Waals surface area contributed by atoms with E-state index in [9.17, 15) is 4.79 Å². The molecule has 0 bridgehead atoms. The molecule has 1 unspecified atom stereocenters. The van der Waals surface area contributed by atoms with Gasteiger partial charge in [-0.2, -0.15) is 0 Å². The number of piperidine rings is 1. The second kappa shape index (κ2) is 9.09. The van der Waals surface area contributed by atoms with E-state index in [2.05, 4.69) is 40.2 Å². The van der Waals surface area contributed by atoms with Gasteiger partial charge in [-0.05, 0) is 37.8 Å². The topological polar surface area (TPSA) is 44.8 Å². The summed E-state index contributed by atoms with van der Waals surface area (Å²) < 4.78 is 5.45. The van der Waals surface area contributed by atoms with Crippen molar-refractivity contribution in [3.63, 3.8) is 0 Å². The minimum absolute atomic E-state index is 0.294. The Balaban J connectivity index is 1.54. The minimum atomic E-state index is 0.294. The molecule has 0 spiro atoms. The molecular formula is C20H31N3O2. The van der Waals surface area contributed by atoms with E-state index in [0.29, 0.717) is 24.9 Å². The maximum absolute atomic E-state index is 12.6. The largest absolute Gasteiger partial charge is 0.383 e. The van der Waals surface area contributed by atoms with Gasteiger partial charge in [0.05, 0.1) is 24.6 Å². The van der Waals surface area contributed by atoms with Gasteiger partial charge in [-0.25, -0.2) is 0 Å². The second-order valence-corrected chi connectivity index (χ2v) is 6.94. The van der Waals surface area contributed by atoms with Crippen LogP contribution < -0.4 is 10.2 Å². The molecule has 1 aromatic carbocycles. The highest BCUT2D eigenvalue weighted by Crippen LogP contribution is 2.26. The van der Waals surface area contributed by atoms with Gasteiger partial charge in [0.1, 0.15) is 0 Å². The average molecular weight is 345 g/mol. The van der Waals surface area contributed by atoms with Crippen LogP contribution in [0.15, 0.2) is 24.3 Å². The van der Waals surface area contributed by atoms with Crippen LogP contribution in [-0.2, 0) is 9.53 Å². The van der Waals surface area contributed by atoms with Gasteiger partial charge in [-0.15, -0.1) is 0 Å². The molecule has 3 rings (SSSR count). The summed E-state index contributed by atoms with van der Waals surface area (Å²) in [6.07, 6.45) is 5.20. The molecule has 1 aromatic rings. The molecule has 0 radical (unpaired) electrons. The number of hydrogen-bond acceptors (Lipinski definition) is 4. The Bertz CT molecular complexity index is 558. The molecule has 1 atom stereocenters. The molecule has 2 heterocycles. The molecule has 2 aliphatic rings. The number of para-hydroxylation sites is 2. The first-order valence-electron chi connectivity index (χ1n) is 9.74. The van der Waals surface area contributed by atoms with Crippen LogP contribution in [0.2, 0.25) is 0 Å². The van der Waals surface area contributed by atoms with Crippen molar-refractivity contribution in [1.29, 1.82) is 0 Å². The van der Waals surface area contributed by atoms with Crippen LogP contribution in [0.4, 0.5) is 11.4 Å². The molecular weight excluding hydrogens is 314 g/mol. The van der Waals surface area contributed by atoms with E-state index < -0.39 is 0 Å². The Labute approximate surface area is 151 Å². The van der Waals surface area contributed by atoms with Gasteiger partial charge >= 0.3 is 0 Å². The number of carbonyl (C=O) groups excluding carboxylic acids is 1. The van der Waals surface area contributed by atoms with Crippen LogP contribution in [0.5, 0.6) is 0 Å². The zero-order valence-electron chi connectivity index (χ0n) is 15.4. The molecule has 0 aliphatic carbocycles. The minimum Gasteiger partial charge on any atom is -0.383 e. The molecule has 0 saturated carbocycles. The number of ether oxygens (including phenoxy) is 1. The summed E-state index contributed by atoms with van der Waals surface area (Å²) in [7, 11) is 0. The third-order valence-electron chi connectivity index (χ3n) is 5.33. The van der Waals surface area contributed by atoms with E-state index in [-0.39, 0.29) is 0 Å². The van der Waals surface area contributed by atoms with Crippen molar-refractivity contribution in [2.75, 3.05) is 49.6 Å². The van der Waals surface area contributed by atoms with Gasteiger partial charge in [0.2, 0.25) is 5.91 Å². The predicted molar refractivity (Wildman–Crippen MR) is 102 cm³/mol. The van der Waals surface area contributed by atoms with Gasteiger partial charge in [-0.1, -0.05) is 19.1 Å². The molecule has 1 N–H and O–H groups in total. The lowest BCUT2D eigenvalue weighted by Gasteiger charge is -2.35. The molecule has 5 nitrogen and oxygen atoms in total. The number of amides is 1. The molecule has 2 fully saturated rings. The number of carbonyl (C=O) groups is 1. The third kappa shape index (κ3) is 4.66. The Morgan fingerprint density at radius 3 is 2.80 bits per heavy atom. The van der Waals surface area contributed by atoms with Crippen molar-refractivity contribution >= 4 is 17.3 Å². The number of hydrogen-bond donors (Lipinski definition) is 1. The summed E-state index contributed by atoms with van der Waals surface area (Å²) in [6.45, 7) is 7.20. The summed E-state index contributed by atoms with van der Waals surface area (Å²) >= 11 is 0. The number of likely N-dealkylation sites (tertiary alicyclic amines) is 1. The number of morpholine rings is 1. The number of nitrogens with one attached hydrogen (secondary N) is 1. The fourth-order valence-electron chi connectivity index (χ4n) is 3.90. The van der Waals surface area contributed by atoms with Crippen LogP contribution in [0.3, 0.4) is 0 Å². The lowest BCUT2D eigenvalue weighted by molar-refractivity contribution is -0.134. The molecule has 0 aromatic heterocycles. The van der Waals surface area contributed by atoms with Crippen LogP contribution in [0.25, 0.3) is 0 Å². The first kappa shape index (κ1) is 18.1. The first-order chi connectivity index (χ1) is 12.3. The van der Waals surface area contributed by atoms with Gasteiger partial charge in [0.15, 0.2) is 0 Å². The lowest BCUT2D eigenvalue weighted by atomic mass is 9.99. The van der Waals surface area contributed by atoms with Gasteiger partial charge in [-0.3, -0.25) is 4.79 Å². The van der Waals surface area contributed by atoms with E-state index in [1.807, 2.05) is 6.07 Å². The molecule has 1 amide bonds. The third-order valence-corrected chi connectivity index (χ3v) is 5.33. The highest BCUT2D eigenvalue weighted by atomic mass is 16.5. The van der Waals surface area contributed by atoms with E-state index in [4.69, 9.17) is 4.74 Å². The van der Waals surface area contributed by atoms with Crippen molar-refractivity contribution < 1.29 is 9.53 Å². The normalized spacial score (nSPS) is 21.2. The van der Waals surface area contributed by atoms with Crippen molar-refractivity contribution in [1.82, 2.24) is 4.90 Å². The predicted octanol–water partition coefficient (Wildman–Crippen LogP) is 3.12. The van der Waals surface area contributed by atoms with E-state index >= 15 is 0 Å². The maximum atomic E-state index is 12.6. The van der Waals surface area contributed by atoms with E-state index in [1.165, 1.54) is 12.1 Å². The Morgan fingerprint density at radius 2 is 2.00 bits per heavy atom. The summed E-state index contributed by atoms with van der Waals surface area (Å²) in [5.41, 5.74) is 2.32. The monoisotopic (exact) mass is 345 g/mol. The van der Waals surface area contributed by atoms with Crippen LogP contribution in [0.1, 0.15) is 39.0 Å². The van der Waals surface area contributed by atoms with Crippen molar-refractivity contribution in [2.24, 2.45) is 0 Å². The Hall–Kier alpha value is -1.75. The summed E-state index contributed by atoms with van der Waals surface area (Å²) in [5.74, 6) is 0.294. The van der Waals surface area contributed by atoms with E-state index in [1.54, 1.807) is 0 Å². The average Bonchev–Trinajstić information content (AvgIpc) is 2.69. The number of rotatable bonds is 6. The second-order valence-electron chi connectivity index (χ2n) is 6.94. The van der Waals surface area contributed by atoms with Crippen LogP contribution in [0, 0.1) is 0 Å². The molecule has 25 heavy (non-hydrogen) atoms. The zero-order valence-corrected chi connectivity index (χ0v) is 15.4. The van der Waals surface area contributed by atoms with Crippen molar-refractivity contribution in [3.05, 3.63) is 24.3 Å². The highest BCUT2D eigenvalue weighted by molar-refractivity contribution is 5.78. The number of anilines is 2. The van der Waals surface area contributed by atoms with Crippen LogP contribution in [-0.4, -0.2) is 56.2 Å². The van der Waals surface area contributed by atoms with Gasteiger partial charge in [0, 0.05) is 38.6 Å². The Kier molecular flexibility index (Phi) is 6.56.